The first kappa shape index (κ1) is 29.4. The second-order valence-corrected chi connectivity index (χ2v) is 21.4. The summed E-state index contributed by atoms with van der Waals surface area (Å²) < 4.78 is 57.2. The Labute approximate surface area is 214 Å². The lowest BCUT2D eigenvalue weighted by Crippen LogP contribution is -2.66. The van der Waals surface area contributed by atoms with Crippen molar-refractivity contribution in [2.75, 3.05) is 12.9 Å². The number of ether oxygens (including phenoxy) is 1. The van der Waals surface area contributed by atoms with E-state index in [9.17, 15) is 18.0 Å². The van der Waals surface area contributed by atoms with Gasteiger partial charge >= 0.3 is 22.8 Å². The van der Waals surface area contributed by atoms with Gasteiger partial charge in [0.15, 0.2) is 0 Å². The maximum Gasteiger partial charge on any atom is 0.335 e. The first-order valence-electron chi connectivity index (χ1n) is 12.4. The molecule has 36 heavy (non-hydrogen) atoms. The first-order valence-corrected chi connectivity index (χ1v) is 18.2. The zero-order chi connectivity index (χ0) is 27.2. The van der Waals surface area contributed by atoms with Crippen LogP contribution in [0.1, 0.15) is 67.1 Å². The van der Waals surface area contributed by atoms with E-state index < -0.39 is 62.9 Å². The summed E-state index contributed by atoms with van der Waals surface area (Å²) in [7, 11) is -9.92. The van der Waals surface area contributed by atoms with E-state index in [1.54, 1.807) is 0 Å². The number of rotatable bonds is 7. The van der Waals surface area contributed by atoms with E-state index in [1.165, 1.54) is 6.20 Å². The van der Waals surface area contributed by atoms with Crippen LogP contribution in [0.4, 0.5) is 0 Å². The molecule has 1 aromatic heterocycles. The molecule has 0 aromatic carbocycles. The smallest absolute Gasteiger partial charge is 0.335 e. The molecule has 2 aliphatic heterocycles. The average molecular weight is 565 g/mol. The normalized spacial score (nSPS) is 28.5. The van der Waals surface area contributed by atoms with Crippen molar-refractivity contribution >= 4 is 27.2 Å². The number of aromatic nitrogens is 2. The van der Waals surface area contributed by atoms with Gasteiger partial charge in [-0.1, -0.05) is 55.4 Å². The van der Waals surface area contributed by atoms with Crippen LogP contribution in [0.15, 0.2) is 15.8 Å². The van der Waals surface area contributed by atoms with Crippen molar-refractivity contribution in [1.82, 2.24) is 9.97 Å². The van der Waals surface area contributed by atoms with Crippen LogP contribution in [0.2, 0.25) is 22.2 Å². The Morgan fingerprint density at radius 2 is 1.53 bits per heavy atom. The molecule has 0 amide bonds. The summed E-state index contributed by atoms with van der Waals surface area (Å²) in [5.74, 6) is 0. The Morgan fingerprint density at radius 1 is 0.972 bits per heavy atom. The zero-order valence-electron chi connectivity index (χ0n) is 22.5. The standard InChI is InChI=1S/C22H40N2O9SSi2/c1-12(2)35(13(3)4)29-11-17-19(32-36(33-35,14(5)6)15(7)8)20(31-34(9,27)28)18(30-17)16-10-23-22(26)24-21(16)25/h10,12-15,17-20H,11H2,1-9H3,(H2,23,24,25,26)/t17-,18+,19+,20?/m1/s1. The molecule has 3 heterocycles. The van der Waals surface area contributed by atoms with Crippen LogP contribution in [0.25, 0.3) is 0 Å². The van der Waals surface area contributed by atoms with Crippen molar-refractivity contribution in [3.63, 3.8) is 0 Å². The second-order valence-electron chi connectivity index (χ2n) is 10.9. The Kier molecular flexibility index (Phi) is 8.63. The Morgan fingerprint density at radius 3 is 2.00 bits per heavy atom. The monoisotopic (exact) mass is 564 g/mol. The predicted molar refractivity (Wildman–Crippen MR) is 139 cm³/mol. The Balaban J connectivity index is 2.20. The van der Waals surface area contributed by atoms with Crippen molar-refractivity contribution in [2.45, 2.75) is 102 Å². The van der Waals surface area contributed by atoms with E-state index in [2.05, 4.69) is 65.4 Å². The van der Waals surface area contributed by atoms with Gasteiger partial charge in [-0.15, -0.1) is 0 Å². The summed E-state index contributed by atoms with van der Waals surface area (Å²) in [6.45, 7) is 16.7. The van der Waals surface area contributed by atoms with Crippen molar-refractivity contribution in [3.8, 4) is 0 Å². The third kappa shape index (κ3) is 5.50. The molecule has 14 heteroatoms. The molecular weight excluding hydrogens is 524 g/mol. The summed E-state index contributed by atoms with van der Waals surface area (Å²) in [6.07, 6.45) is -1.73. The summed E-state index contributed by atoms with van der Waals surface area (Å²) >= 11 is 0. The molecule has 0 saturated carbocycles. The second kappa shape index (κ2) is 10.6. The first-order chi connectivity index (χ1) is 16.5. The largest absolute Gasteiger partial charge is 0.414 e. The lowest BCUT2D eigenvalue weighted by atomic mass is 10.0. The molecule has 0 spiro atoms. The molecule has 1 aromatic rings. The van der Waals surface area contributed by atoms with Gasteiger partial charge in [0.05, 0.1) is 18.4 Å². The van der Waals surface area contributed by atoms with Gasteiger partial charge in [0, 0.05) is 6.20 Å². The maximum absolute atomic E-state index is 12.7. The van der Waals surface area contributed by atoms with Crippen LogP contribution in [0.3, 0.4) is 0 Å². The van der Waals surface area contributed by atoms with Gasteiger partial charge in [0.2, 0.25) is 0 Å². The molecule has 2 saturated heterocycles. The summed E-state index contributed by atoms with van der Waals surface area (Å²) in [5.41, 5.74) is -1.11. The number of nitrogens with one attached hydrogen (secondary N) is 2. The van der Waals surface area contributed by atoms with Gasteiger partial charge in [-0.2, -0.15) is 8.42 Å². The van der Waals surface area contributed by atoms with Crippen LogP contribution < -0.4 is 11.2 Å². The van der Waals surface area contributed by atoms with Crippen LogP contribution in [-0.2, 0) is 32.0 Å². The highest BCUT2D eigenvalue weighted by atomic mass is 32.2. The molecule has 0 radical (unpaired) electrons. The van der Waals surface area contributed by atoms with Crippen LogP contribution in [0, 0.1) is 0 Å². The van der Waals surface area contributed by atoms with E-state index in [0.29, 0.717) is 0 Å². The van der Waals surface area contributed by atoms with E-state index >= 15 is 0 Å². The van der Waals surface area contributed by atoms with Crippen molar-refractivity contribution in [1.29, 1.82) is 0 Å². The maximum atomic E-state index is 12.7. The number of aromatic amines is 2. The zero-order valence-corrected chi connectivity index (χ0v) is 25.3. The van der Waals surface area contributed by atoms with Gasteiger partial charge in [0.1, 0.15) is 24.4 Å². The van der Waals surface area contributed by atoms with Crippen molar-refractivity contribution in [3.05, 3.63) is 32.6 Å². The lowest BCUT2D eigenvalue weighted by Gasteiger charge is -2.51. The van der Waals surface area contributed by atoms with Crippen LogP contribution >= 0.6 is 0 Å². The SMILES string of the molecule is CC(C)[Si]1(C(C)C)OC[C@H]2O[C@@H](c3c[nH]c(=O)[nH]c3=O)C(OS(C)(=O)=O)[C@H]2O[Si](C(C)C)(C(C)C)O1. The number of hydrogen-bond donors (Lipinski definition) is 2. The molecule has 2 aliphatic rings. The summed E-state index contributed by atoms with van der Waals surface area (Å²) in [5, 5.41) is 0. The molecular formula is C22H40N2O9SSi2. The van der Waals surface area contributed by atoms with Gasteiger partial charge in [-0.25, -0.2) is 4.79 Å². The molecule has 2 fully saturated rings. The van der Waals surface area contributed by atoms with E-state index in [4.69, 9.17) is 21.9 Å². The van der Waals surface area contributed by atoms with Gasteiger partial charge in [-0.05, 0) is 22.2 Å². The van der Waals surface area contributed by atoms with E-state index in [1.807, 2.05) is 0 Å². The highest BCUT2D eigenvalue weighted by Gasteiger charge is 2.62. The Bertz CT molecular complexity index is 1130. The topological polar surface area (TPSA) is 146 Å². The predicted octanol–water partition coefficient (Wildman–Crippen LogP) is 2.80. The van der Waals surface area contributed by atoms with Crippen molar-refractivity contribution < 1.29 is 30.3 Å². The molecule has 11 nitrogen and oxygen atoms in total. The van der Waals surface area contributed by atoms with E-state index in [-0.39, 0.29) is 34.3 Å². The molecule has 0 aliphatic carbocycles. The molecule has 3 rings (SSSR count). The molecule has 206 valence electrons. The summed E-state index contributed by atoms with van der Waals surface area (Å²) in [4.78, 5) is 28.9. The molecule has 1 unspecified atom stereocenters. The quantitative estimate of drug-likeness (QED) is 0.377. The highest BCUT2D eigenvalue weighted by Crippen LogP contribution is 2.49. The van der Waals surface area contributed by atoms with Gasteiger partial charge < -0.3 is 22.7 Å². The van der Waals surface area contributed by atoms with E-state index in [0.717, 1.165) is 6.26 Å². The Hall–Kier alpha value is -1.14. The third-order valence-electron chi connectivity index (χ3n) is 7.08. The fourth-order valence-electron chi connectivity index (χ4n) is 5.33. The van der Waals surface area contributed by atoms with Crippen LogP contribution in [-0.4, -0.2) is 66.7 Å². The van der Waals surface area contributed by atoms with Crippen molar-refractivity contribution in [2.24, 2.45) is 0 Å². The summed E-state index contributed by atoms with van der Waals surface area (Å²) in [6, 6.07) is 0. The average Bonchev–Trinajstić information content (AvgIpc) is 3.01. The van der Waals surface area contributed by atoms with Crippen LogP contribution in [0.5, 0.6) is 0 Å². The minimum atomic E-state index is -3.97. The highest BCUT2D eigenvalue weighted by molar-refractivity contribution is 7.86. The minimum Gasteiger partial charge on any atom is -0.414 e. The number of fused-ring (bicyclic) bond motifs is 1. The molecule has 2 N–H and O–H groups in total. The fraction of sp³-hybridized carbons (Fsp3) is 0.818. The number of hydrogen-bond acceptors (Lipinski definition) is 9. The third-order valence-corrected chi connectivity index (χ3v) is 17.9. The fourth-order valence-corrected chi connectivity index (χ4v) is 17.2. The number of H-pyrrole nitrogens is 2. The molecule has 4 atom stereocenters. The van der Waals surface area contributed by atoms with Gasteiger partial charge in [0.25, 0.3) is 15.7 Å². The molecule has 0 bridgehead atoms. The minimum absolute atomic E-state index is 0.00126. The lowest BCUT2D eigenvalue weighted by molar-refractivity contribution is -0.0391. The van der Waals surface area contributed by atoms with Gasteiger partial charge in [-0.3, -0.25) is 14.0 Å².